The number of carbonyl (C=O) groups is 3. The lowest BCUT2D eigenvalue weighted by molar-refractivity contribution is -0.130. The molecule has 11 nitrogen and oxygen atoms in total. The number of anilines is 2. The average Bonchev–Trinajstić information content (AvgIpc) is 3.50. The molecule has 2 saturated heterocycles. The summed E-state index contributed by atoms with van der Waals surface area (Å²) in [6, 6.07) is 3.70. The minimum atomic E-state index is -0.981. The van der Waals surface area contributed by atoms with Gasteiger partial charge in [0.15, 0.2) is 11.6 Å². The maximum absolute atomic E-state index is 14.9. The Morgan fingerprint density at radius 2 is 1.86 bits per heavy atom. The smallest absolute Gasteiger partial charge is 0.414 e. The summed E-state index contributed by atoms with van der Waals surface area (Å²) in [5, 5.41) is 2.53. The minimum absolute atomic E-state index is 0.0642. The van der Waals surface area contributed by atoms with Gasteiger partial charge in [0.2, 0.25) is 11.7 Å². The van der Waals surface area contributed by atoms with Gasteiger partial charge in [-0.25, -0.2) is 27.9 Å². The number of amides is 3. The number of aromatic nitrogens is 3. The molecular formula is C23H22F3N7O4. The Morgan fingerprint density at radius 1 is 1.14 bits per heavy atom. The molecule has 37 heavy (non-hydrogen) atoms. The highest BCUT2D eigenvalue weighted by Gasteiger charge is 2.34. The van der Waals surface area contributed by atoms with E-state index >= 15 is 0 Å². The predicted molar refractivity (Wildman–Crippen MR) is 124 cm³/mol. The fourth-order valence-corrected chi connectivity index (χ4v) is 4.30. The highest BCUT2D eigenvalue weighted by Crippen LogP contribution is 2.31. The van der Waals surface area contributed by atoms with Crippen LogP contribution in [0.25, 0.3) is 5.78 Å². The second-order valence-corrected chi connectivity index (χ2v) is 8.53. The molecule has 0 aliphatic carbocycles. The fraction of sp³-hybridized carbons (Fsp3) is 0.348. The molecule has 2 aromatic heterocycles. The highest BCUT2D eigenvalue weighted by molar-refractivity contribution is 5.95. The van der Waals surface area contributed by atoms with Gasteiger partial charge in [-0.3, -0.25) is 18.9 Å². The number of piperazine rings is 1. The summed E-state index contributed by atoms with van der Waals surface area (Å²) in [5.41, 5.74) is -0.224. The molecule has 2 fully saturated rings. The van der Waals surface area contributed by atoms with Crippen LogP contribution < -0.4 is 15.1 Å². The molecule has 0 unspecified atom stereocenters. The molecule has 2 aliphatic rings. The standard InChI is InChI=1S/C23H22F3N7O4/c24-10-15-12-33(23(36)37-15)14-8-16(25)20(17(26)9-14)31-6-4-30(5-7-31)19(34)11-28-21(35)18-13-32-3-1-2-27-22(32)29-18/h1-3,8-9,13,15H,4-7,10-12H2,(H,28,35)/t15-/m0/s1. The number of ether oxygens (including phenoxy) is 1. The Bertz CT molecular complexity index is 1300. The van der Waals surface area contributed by atoms with Crippen LogP contribution in [0.4, 0.5) is 29.3 Å². The van der Waals surface area contributed by atoms with Crippen molar-refractivity contribution < 1.29 is 32.3 Å². The lowest BCUT2D eigenvalue weighted by atomic mass is 10.2. The third-order valence-corrected chi connectivity index (χ3v) is 6.18. The monoisotopic (exact) mass is 517 g/mol. The zero-order valence-electron chi connectivity index (χ0n) is 19.4. The topological polar surface area (TPSA) is 112 Å². The van der Waals surface area contributed by atoms with Crippen molar-refractivity contribution in [1.82, 2.24) is 24.6 Å². The molecule has 0 spiro atoms. The Balaban J connectivity index is 1.16. The number of alkyl halides is 1. The molecule has 194 valence electrons. The fourth-order valence-electron chi connectivity index (χ4n) is 4.30. The second-order valence-electron chi connectivity index (χ2n) is 8.53. The summed E-state index contributed by atoms with van der Waals surface area (Å²) in [6.07, 6.45) is 2.89. The van der Waals surface area contributed by atoms with Crippen molar-refractivity contribution in [2.24, 2.45) is 0 Å². The molecule has 0 bridgehead atoms. The quantitative estimate of drug-likeness (QED) is 0.526. The number of hydrogen-bond acceptors (Lipinski definition) is 7. The van der Waals surface area contributed by atoms with Crippen molar-refractivity contribution in [2.45, 2.75) is 6.10 Å². The van der Waals surface area contributed by atoms with Crippen LogP contribution in [0.2, 0.25) is 0 Å². The first-order valence-electron chi connectivity index (χ1n) is 11.5. The first-order valence-corrected chi connectivity index (χ1v) is 11.5. The van der Waals surface area contributed by atoms with E-state index in [-0.39, 0.29) is 62.2 Å². The van der Waals surface area contributed by atoms with Crippen LogP contribution >= 0.6 is 0 Å². The van der Waals surface area contributed by atoms with E-state index in [1.165, 1.54) is 16.0 Å². The van der Waals surface area contributed by atoms with E-state index in [0.29, 0.717) is 5.78 Å². The molecule has 3 aromatic rings. The number of fused-ring (bicyclic) bond motifs is 1. The molecule has 3 amide bonds. The van der Waals surface area contributed by atoms with E-state index in [1.807, 2.05) is 0 Å². The van der Waals surface area contributed by atoms with Crippen LogP contribution in [0, 0.1) is 11.6 Å². The third-order valence-electron chi connectivity index (χ3n) is 6.18. The number of hydrogen-bond donors (Lipinski definition) is 1. The van der Waals surface area contributed by atoms with Crippen LogP contribution in [-0.2, 0) is 9.53 Å². The maximum Gasteiger partial charge on any atom is 0.414 e. The first kappa shape index (κ1) is 24.3. The van der Waals surface area contributed by atoms with Crippen LogP contribution in [0.5, 0.6) is 0 Å². The van der Waals surface area contributed by atoms with Crippen molar-refractivity contribution in [1.29, 1.82) is 0 Å². The van der Waals surface area contributed by atoms with Crippen molar-refractivity contribution in [3.8, 4) is 0 Å². The van der Waals surface area contributed by atoms with Gasteiger partial charge >= 0.3 is 6.09 Å². The number of cyclic esters (lactones) is 1. The normalized spacial score (nSPS) is 17.9. The van der Waals surface area contributed by atoms with Crippen LogP contribution in [0.1, 0.15) is 10.5 Å². The Morgan fingerprint density at radius 3 is 2.51 bits per heavy atom. The number of nitrogens with one attached hydrogen (secondary N) is 1. The highest BCUT2D eigenvalue weighted by atomic mass is 19.1. The number of benzene rings is 1. The van der Waals surface area contributed by atoms with Gasteiger partial charge in [-0.05, 0) is 6.07 Å². The zero-order chi connectivity index (χ0) is 26.1. The molecule has 14 heteroatoms. The van der Waals surface area contributed by atoms with Crippen molar-refractivity contribution in [2.75, 3.05) is 55.7 Å². The van der Waals surface area contributed by atoms with Crippen molar-refractivity contribution in [3.05, 3.63) is 54.1 Å². The van der Waals surface area contributed by atoms with E-state index in [0.717, 1.165) is 17.0 Å². The number of rotatable bonds is 6. The summed E-state index contributed by atoms with van der Waals surface area (Å²) in [6.45, 7) is -0.617. The molecule has 0 radical (unpaired) electrons. The molecule has 2 aliphatic heterocycles. The summed E-state index contributed by atoms with van der Waals surface area (Å²) in [7, 11) is 0. The Kier molecular flexibility index (Phi) is 6.54. The summed E-state index contributed by atoms with van der Waals surface area (Å²) < 4.78 is 49.0. The van der Waals surface area contributed by atoms with Crippen LogP contribution in [-0.4, -0.2) is 89.2 Å². The summed E-state index contributed by atoms with van der Waals surface area (Å²) in [4.78, 5) is 48.9. The molecular weight excluding hydrogens is 495 g/mol. The molecule has 4 heterocycles. The molecule has 1 N–H and O–H groups in total. The third kappa shape index (κ3) is 4.86. The molecule has 1 atom stereocenters. The van der Waals surface area contributed by atoms with Gasteiger partial charge in [-0.1, -0.05) is 0 Å². The largest absolute Gasteiger partial charge is 0.441 e. The van der Waals surface area contributed by atoms with Gasteiger partial charge in [0, 0.05) is 56.9 Å². The number of halogens is 3. The van der Waals surface area contributed by atoms with E-state index < -0.39 is 36.4 Å². The molecule has 5 rings (SSSR count). The second kappa shape index (κ2) is 9.95. The number of nitrogens with zero attached hydrogens (tertiary/aromatic N) is 6. The van der Waals surface area contributed by atoms with Crippen LogP contribution in [0.3, 0.4) is 0 Å². The SMILES string of the molecule is O=C(NCC(=O)N1CCN(c2c(F)cc(N3C[C@H](CF)OC3=O)cc2F)CC1)c1cn2cccnc2n1. The first-order chi connectivity index (χ1) is 17.8. The van der Waals surface area contributed by atoms with Gasteiger partial charge < -0.3 is 19.9 Å². The Labute approximate surface area is 208 Å². The number of imidazole rings is 1. The lowest BCUT2D eigenvalue weighted by Gasteiger charge is -2.36. The Hall–Kier alpha value is -4.36. The molecule has 0 saturated carbocycles. The zero-order valence-corrected chi connectivity index (χ0v) is 19.4. The lowest BCUT2D eigenvalue weighted by Crippen LogP contribution is -2.51. The van der Waals surface area contributed by atoms with E-state index in [4.69, 9.17) is 4.74 Å². The van der Waals surface area contributed by atoms with Gasteiger partial charge in [-0.2, -0.15) is 0 Å². The van der Waals surface area contributed by atoms with Gasteiger partial charge in [-0.15, -0.1) is 0 Å². The average molecular weight is 517 g/mol. The van der Waals surface area contributed by atoms with Crippen molar-refractivity contribution in [3.63, 3.8) is 0 Å². The number of carbonyl (C=O) groups excluding carboxylic acids is 3. The maximum atomic E-state index is 14.9. The van der Waals surface area contributed by atoms with Gasteiger partial charge in [0.25, 0.3) is 5.91 Å². The van der Waals surface area contributed by atoms with Crippen molar-refractivity contribution >= 4 is 35.1 Å². The van der Waals surface area contributed by atoms with Crippen LogP contribution in [0.15, 0.2) is 36.8 Å². The van der Waals surface area contributed by atoms with Gasteiger partial charge in [0.05, 0.1) is 18.8 Å². The van der Waals surface area contributed by atoms with E-state index in [2.05, 4.69) is 15.3 Å². The molecule has 1 aromatic carbocycles. The minimum Gasteiger partial charge on any atom is -0.441 e. The van der Waals surface area contributed by atoms with Gasteiger partial charge in [0.1, 0.15) is 24.2 Å². The summed E-state index contributed by atoms with van der Waals surface area (Å²) >= 11 is 0. The van der Waals surface area contributed by atoms with E-state index in [1.54, 1.807) is 22.9 Å². The predicted octanol–water partition coefficient (Wildman–Crippen LogP) is 1.38. The summed E-state index contributed by atoms with van der Waals surface area (Å²) in [5.74, 6) is -2.30. The van der Waals surface area contributed by atoms with E-state index in [9.17, 15) is 27.6 Å².